The second-order valence-electron chi connectivity index (χ2n) is 10.7. The van der Waals surface area contributed by atoms with Crippen molar-refractivity contribution >= 4 is 23.3 Å². The Kier molecular flexibility index (Phi) is 5.91. The molecule has 1 N–H and O–H groups in total. The summed E-state index contributed by atoms with van der Waals surface area (Å²) in [7, 11) is 0. The van der Waals surface area contributed by atoms with Gasteiger partial charge in [0.25, 0.3) is 0 Å². The Hall–Kier alpha value is -4.00. The third kappa shape index (κ3) is 4.26. The van der Waals surface area contributed by atoms with Gasteiger partial charge < -0.3 is 14.8 Å². The molecule has 192 valence electrons. The summed E-state index contributed by atoms with van der Waals surface area (Å²) in [6.45, 7) is 6.26. The normalized spacial score (nSPS) is 17.7. The Bertz CT molecular complexity index is 1480. The molecular weight excluding hydrogens is 470 g/mol. The number of piperidine rings is 1. The number of benzene rings is 1. The van der Waals surface area contributed by atoms with Crippen LogP contribution in [0, 0.1) is 6.92 Å². The SMILES string of the molecule is Cc1[nH]c(C2CCN(c3ncnc4c3C=C(c3ccnc(N5CCCC5)c3)C4)CC2)nc1-c1ccccc1. The number of aromatic nitrogens is 5. The molecule has 0 saturated carbocycles. The molecule has 3 aromatic heterocycles. The fourth-order valence-corrected chi connectivity index (χ4v) is 6.21. The van der Waals surface area contributed by atoms with Crippen LogP contribution >= 0.6 is 0 Å². The highest BCUT2D eigenvalue weighted by Crippen LogP contribution is 2.38. The van der Waals surface area contributed by atoms with Gasteiger partial charge in [-0.2, -0.15) is 0 Å². The molecule has 1 aromatic carbocycles. The molecule has 2 saturated heterocycles. The maximum atomic E-state index is 5.02. The van der Waals surface area contributed by atoms with Gasteiger partial charge in [-0.1, -0.05) is 30.3 Å². The van der Waals surface area contributed by atoms with Gasteiger partial charge in [0, 0.05) is 61.5 Å². The van der Waals surface area contributed by atoms with Gasteiger partial charge in [-0.3, -0.25) is 0 Å². The Morgan fingerprint density at radius 1 is 0.868 bits per heavy atom. The lowest BCUT2D eigenvalue weighted by Gasteiger charge is -2.32. The van der Waals surface area contributed by atoms with E-state index in [1.807, 2.05) is 12.3 Å². The number of H-pyrrole nitrogens is 1. The Labute approximate surface area is 223 Å². The molecule has 3 aliphatic rings. The van der Waals surface area contributed by atoms with Crippen LogP contribution in [0.5, 0.6) is 0 Å². The van der Waals surface area contributed by atoms with E-state index in [4.69, 9.17) is 9.97 Å². The number of nitrogens with one attached hydrogen (secondary N) is 1. The zero-order chi connectivity index (χ0) is 25.5. The first-order valence-electron chi connectivity index (χ1n) is 13.9. The number of aromatic amines is 1. The molecule has 0 spiro atoms. The number of pyridine rings is 1. The van der Waals surface area contributed by atoms with E-state index in [1.165, 1.54) is 35.1 Å². The summed E-state index contributed by atoms with van der Waals surface area (Å²) in [6.07, 6.45) is 11.5. The van der Waals surface area contributed by atoms with Gasteiger partial charge >= 0.3 is 0 Å². The number of rotatable bonds is 5. The average Bonchev–Trinajstić information content (AvgIpc) is 3.74. The van der Waals surface area contributed by atoms with E-state index in [0.29, 0.717) is 5.92 Å². The van der Waals surface area contributed by atoms with Crippen LogP contribution in [-0.4, -0.2) is 51.1 Å². The van der Waals surface area contributed by atoms with Crippen LogP contribution in [0.2, 0.25) is 0 Å². The highest BCUT2D eigenvalue weighted by molar-refractivity contribution is 5.91. The third-order valence-corrected chi connectivity index (χ3v) is 8.30. The summed E-state index contributed by atoms with van der Waals surface area (Å²) in [6, 6.07) is 14.8. The van der Waals surface area contributed by atoms with Crippen molar-refractivity contribution in [2.24, 2.45) is 0 Å². The molecule has 0 amide bonds. The first kappa shape index (κ1) is 23.1. The average molecular weight is 504 g/mol. The van der Waals surface area contributed by atoms with Gasteiger partial charge in [-0.25, -0.2) is 19.9 Å². The standard InChI is InChI=1S/C31H33N7/c1-21-29(22-7-3-2-4-8-22)36-30(35-21)23-10-15-38(16-11-23)31-26-17-25(18-27(26)33-20-34-31)24-9-12-32-28(19-24)37-13-5-6-14-37/h2-4,7-9,12,17,19-20,23H,5-6,10-11,13-16,18H2,1H3,(H,35,36). The Morgan fingerprint density at radius 3 is 2.50 bits per heavy atom. The molecule has 5 heterocycles. The number of imidazole rings is 1. The van der Waals surface area contributed by atoms with Crippen LogP contribution in [-0.2, 0) is 6.42 Å². The zero-order valence-corrected chi connectivity index (χ0v) is 21.9. The molecule has 7 rings (SSSR count). The molecule has 38 heavy (non-hydrogen) atoms. The summed E-state index contributed by atoms with van der Waals surface area (Å²) in [4.78, 5) is 27.5. The maximum absolute atomic E-state index is 5.02. The summed E-state index contributed by atoms with van der Waals surface area (Å²) in [5.41, 5.74) is 8.24. The van der Waals surface area contributed by atoms with Crippen molar-refractivity contribution in [2.45, 2.75) is 44.9 Å². The number of hydrogen-bond acceptors (Lipinski definition) is 6. The highest BCUT2D eigenvalue weighted by Gasteiger charge is 2.28. The molecular formula is C31H33N7. The zero-order valence-electron chi connectivity index (χ0n) is 21.9. The van der Waals surface area contributed by atoms with E-state index < -0.39 is 0 Å². The monoisotopic (exact) mass is 503 g/mol. The summed E-state index contributed by atoms with van der Waals surface area (Å²) in [5.74, 6) is 3.71. The lowest BCUT2D eigenvalue weighted by atomic mass is 9.96. The van der Waals surface area contributed by atoms with E-state index in [2.05, 4.69) is 74.1 Å². The third-order valence-electron chi connectivity index (χ3n) is 8.30. The van der Waals surface area contributed by atoms with Crippen molar-refractivity contribution in [3.8, 4) is 11.3 Å². The quantitative estimate of drug-likeness (QED) is 0.379. The molecule has 2 fully saturated rings. The molecule has 0 bridgehead atoms. The molecule has 7 heteroatoms. The van der Waals surface area contributed by atoms with Crippen molar-refractivity contribution in [1.29, 1.82) is 0 Å². The summed E-state index contributed by atoms with van der Waals surface area (Å²) < 4.78 is 0. The van der Waals surface area contributed by atoms with Crippen molar-refractivity contribution in [1.82, 2.24) is 24.9 Å². The predicted octanol–water partition coefficient (Wildman–Crippen LogP) is 5.65. The smallest absolute Gasteiger partial charge is 0.139 e. The summed E-state index contributed by atoms with van der Waals surface area (Å²) in [5, 5.41) is 0. The van der Waals surface area contributed by atoms with E-state index in [9.17, 15) is 0 Å². The highest BCUT2D eigenvalue weighted by atomic mass is 15.2. The molecule has 0 atom stereocenters. The van der Waals surface area contributed by atoms with Crippen LogP contribution < -0.4 is 9.80 Å². The van der Waals surface area contributed by atoms with Crippen molar-refractivity contribution in [3.63, 3.8) is 0 Å². The number of fused-ring (bicyclic) bond motifs is 1. The van der Waals surface area contributed by atoms with Gasteiger partial charge in [0.2, 0.25) is 0 Å². The molecule has 2 aliphatic heterocycles. The Balaban J connectivity index is 1.08. The number of hydrogen-bond donors (Lipinski definition) is 1. The fraction of sp³-hybridized carbons (Fsp3) is 0.355. The summed E-state index contributed by atoms with van der Waals surface area (Å²) >= 11 is 0. The van der Waals surface area contributed by atoms with E-state index in [-0.39, 0.29) is 0 Å². The fourth-order valence-electron chi connectivity index (χ4n) is 6.21. The van der Waals surface area contributed by atoms with Crippen LogP contribution in [0.25, 0.3) is 22.9 Å². The maximum Gasteiger partial charge on any atom is 0.139 e. The van der Waals surface area contributed by atoms with Crippen molar-refractivity contribution in [3.05, 3.63) is 83.3 Å². The second-order valence-corrected chi connectivity index (χ2v) is 10.7. The lowest BCUT2D eigenvalue weighted by Crippen LogP contribution is -2.34. The van der Waals surface area contributed by atoms with Crippen LogP contribution in [0.1, 0.15) is 59.9 Å². The Morgan fingerprint density at radius 2 is 1.68 bits per heavy atom. The van der Waals surface area contributed by atoms with Crippen molar-refractivity contribution < 1.29 is 0 Å². The van der Waals surface area contributed by atoms with E-state index in [1.54, 1.807) is 6.33 Å². The van der Waals surface area contributed by atoms with Gasteiger partial charge in [0.15, 0.2) is 0 Å². The number of allylic oxidation sites excluding steroid dienone is 1. The van der Waals surface area contributed by atoms with Crippen LogP contribution in [0.15, 0.2) is 55.0 Å². The molecule has 0 unspecified atom stereocenters. The second kappa shape index (κ2) is 9.71. The van der Waals surface area contributed by atoms with Crippen LogP contribution in [0.3, 0.4) is 0 Å². The van der Waals surface area contributed by atoms with Gasteiger partial charge in [-0.05, 0) is 62.0 Å². The van der Waals surface area contributed by atoms with Crippen molar-refractivity contribution in [2.75, 3.05) is 36.0 Å². The predicted molar refractivity (Wildman–Crippen MR) is 152 cm³/mol. The van der Waals surface area contributed by atoms with Gasteiger partial charge in [0.1, 0.15) is 23.8 Å². The minimum Gasteiger partial charge on any atom is -0.357 e. The lowest BCUT2D eigenvalue weighted by molar-refractivity contribution is 0.486. The number of aryl methyl sites for hydroxylation is 1. The van der Waals surface area contributed by atoms with E-state index >= 15 is 0 Å². The largest absolute Gasteiger partial charge is 0.357 e. The molecule has 0 radical (unpaired) electrons. The number of nitrogens with zero attached hydrogens (tertiary/aromatic N) is 6. The van der Waals surface area contributed by atoms with E-state index in [0.717, 1.165) is 80.0 Å². The molecule has 1 aliphatic carbocycles. The van der Waals surface area contributed by atoms with Gasteiger partial charge in [0.05, 0.1) is 11.4 Å². The van der Waals surface area contributed by atoms with Crippen LogP contribution in [0.4, 0.5) is 11.6 Å². The minimum absolute atomic E-state index is 0.434. The first-order valence-corrected chi connectivity index (χ1v) is 13.9. The number of anilines is 2. The molecule has 7 nitrogen and oxygen atoms in total. The van der Waals surface area contributed by atoms with Gasteiger partial charge in [-0.15, -0.1) is 0 Å². The topological polar surface area (TPSA) is 73.8 Å². The molecule has 4 aromatic rings. The first-order chi connectivity index (χ1) is 18.7. The minimum atomic E-state index is 0.434.